The molecule has 0 radical (unpaired) electrons. The Labute approximate surface area is 246 Å². The lowest BCUT2D eigenvalue weighted by Gasteiger charge is -2.32. The third-order valence-corrected chi connectivity index (χ3v) is 8.79. The molecule has 0 aliphatic carbocycles. The fourth-order valence-corrected chi connectivity index (χ4v) is 6.76. The summed E-state index contributed by atoms with van der Waals surface area (Å²) in [7, 11) is 0. The predicted molar refractivity (Wildman–Crippen MR) is 154 cm³/mol. The van der Waals surface area contributed by atoms with E-state index in [1.807, 2.05) is 4.90 Å². The van der Waals surface area contributed by atoms with Crippen molar-refractivity contribution < 1.29 is 27.1 Å². The third kappa shape index (κ3) is 6.90. The van der Waals surface area contributed by atoms with E-state index >= 15 is 4.39 Å². The topological polar surface area (TPSA) is 83.5 Å². The number of alkyl halides is 3. The minimum Gasteiger partial charge on any atom is -0.371 e. The molecule has 3 aromatic rings. The maximum absolute atomic E-state index is 15.7. The van der Waals surface area contributed by atoms with Gasteiger partial charge in [0.25, 0.3) is 0 Å². The van der Waals surface area contributed by atoms with E-state index in [1.54, 1.807) is 13.0 Å². The first-order valence-corrected chi connectivity index (χ1v) is 15.0. The number of benzene rings is 1. The zero-order valence-corrected chi connectivity index (χ0v) is 24.4. The first kappa shape index (κ1) is 30.3. The van der Waals surface area contributed by atoms with Crippen molar-refractivity contribution in [3.8, 4) is 11.3 Å². The molecule has 5 rings (SSSR count). The zero-order valence-electron chi connectivity index (χ0n) is 23.6. The van der Waals surface area contributed by atoms with E-state index < -0.39 is 17.6 Å². The summed E-state index contributed by atoms with van der Waals surface area (Å²) in [5, 5.41) is 3.32. The van der Waals surface area contributed by atoms with Crippen LogP contribution in [-0.4, -0.2) is 64.5 Å². The molecule has 2 aliphatic rings. The van der Waals surface area contributed by atoms with Crippen molar-refractivity contribution in [3.63, 3.8) is 0 Å². The van der Waals surface area contributed by atoms with E-state index in [2.05, 4.69) is 32.1 Å². The minimum atomic E-state index is -4.49. The van der Waals surface area contributed by atoms with Crippen molar-refractivity contribution in [1.29, 1.82) is 0 Å². The third-order valence-electron chi connectivity index (χ3n) is 7.83. The number of nitrogens with zero attached hydrogens (tertiary/aromatic N) is 5. The molecule has 4 heterocycles. The number of carbonyl (C=O) groups excluding carboxylic acids is 1. The van der Waals surface area contributed by atoms with Gasteiger partial charge in [0.2, 0.25) is 5.82 Å². The highest BCUT2D eigenvalue weighted by Crippen LogP contribution is 2.39. The number of anilines is 3. The summed E-state index contributed by atoms with van der Waals surface area (Å²) >= 11 is 1.29. The number of piperidine rings is 1. The molecule has 226 valence electrons. The van der Waals surface area contributed by atoms with E-state index in [0.717, 1.165) is 42.8 Å². The Hall–Kier alpha value is -3.16. The summed E-state index contributed by atoms with van der Waals surface area (Å²) in [6.45, 7) is 6.26. The van der Waals surface area contributed by atoms with Crippen molar-refractivity contribution in [2.75, 3.05) is 36.5 Å². The molecule has 1 atom stereocenters. The molecule has 1 unspecified atom stereocenters. The molecular weight excluding hydrogens is 572 g/mol. The van der Waals surface area contributed by atoms with E-state index in [4.69, 9.17) is 4.74 Å². The monoisotopic (exact) mass is 606 g/mol. The summed E-state index contributed by atoms with van der Waals surface area (Å²) < 4.78 is 62.2. The van der Waals surface area contributed by atoms with Crippen LogP contribution in [0.3, 0.4) is 0 Å². The van der Waals surface area contributed by atoms with Crippen LogP contribution in [0.15, 0.2) is 24.5 Å². The average molecular weight is 607 g/mol. The van der Waals surface area contributed by atoms with Crippen molar-refractivity contribution in [2.24, 2.45) is 0 Å². The summed E-state index contributed by atoms with van der Waals surface area (Å²) in [6.07, 6.45) is 1.82. The van der Waals surface area contributed by atoms with E-state index in [9.17, 15) is 18.0 Å². The van der Waals surface area contributed by atoms with Crippen LogP contribution in [0.5, 0.6) is 0 Å². The smallest absolute Gasteiger partial charge is 0.371 e. The zero-order chi connectivity index (χ0) is 29.9. The van der Waals surface area contributed by atoms with Gasteiger partial charge in [0.1, 0.15) is 19.2 Å². The first-order valence-electron chi connectivity index (χ1n) is 14.2. The van der Waals surface area contributed by atoms with Gasteiger partial charge >= 0.3 is 6.18 Å². The minimum absolute atomic E-state index is 0.0370. The molecule has 2 aliphatic heterocycles. The van der Waals surface area contributed by atoms with Crippen molar-refractivity contribution in [2.45, 2.75) is 70.8 Å². The van der Waals surface area contributed by atoms with E-state index in [1.165, 1.54) is 17.7 Å². The number of halogens is 4. The maximum atomic E-state index is 15.7. The molecule has 8 nitrogen and oxygen atoms in total. The van der Waals surface area contributed by atoms with Crippen LogP contribution >= 0.6 is 11.3 Å². The van der Waals surface area contributed by atoms with Gasteiger partial charge in [-0.25, -0.2) is 15.0 Å². The number of thiazole rings is 1. The SMILES string of the molecule is CCC1CCCN1Cc1sc(Nc2ncnc(N3CCC(OCC=O)CC3)c2F)nc1-c1cc(C)cc(C(F)(F)F)c1. The average Bonchev–Trinajstić information content (AvgIpc) is 3.59. The highest BCUT2D eigenvalue weighted by atomic mass is 32.1. The molecule has 42 heavy (non-hydrogen) atoms. The number of aryl methyl sites for hydroxylation is 1. The fraction of sp³-hybridized carbons (Fsp3) is 0.517. The lowest BCUT2D eigenvalue weighted by atomic mass is 10.0. The molecule has 2 fully saturated rings. The summed E-state index contributed by atoms with van der Waals surface area (Å²) in [5.41, 5.74) is 0.570. The first-order chi connectivity index (χ1) is 20.2. The molecule has 0 amide bonds. The number of ether oxygens (including phenoxy) is 1. The second-order valence-corrected chi connectivity index (χ2v) is 11.8. The number of nitrogens with one attached hydrogen (secondary N) is 1. The molecule has 1 N–H and O–H groups in total. The quantitative estimate of drug-likeness (QED) is 0.211. The number of hydrogen-bond acceptors (Lipinski definition) is 9. The highest BCUT2D eigenvalue weighted by molar-refractivity contribution is 7.16. The molecule has 1 aromatic carbocycles. The van der Waals surface area contributed by atoms with Crippen molar-refractivity contribution >= 4 is 34.4 Å². The molecule has 13 heteroatoms. The Morgan fingerprint density at radius 1 is 1.14 bits per heavy atom. The molecular formula is C29H34F4N6O2S. The van der Waals surface area contributed by atoms with Crippen LogP contribution in [0.4, 0.5) is 34.3 Å². The van der Waals surface area contributed by atoms with Crippen LogP contribution in [0.2, 0.25) is 0 Å². The fourth-order valence-electron chi connectivity index (χ4n) is 5.75. The number of aromatic nitrogens is 3. The van der Waals surface area contributed by atoms with Gasteiger partial charge in [-0.1, -0.05) is 18.3 Å². The molecule has 2 aromatic heterocycles. The number of hydrogen-bond donors (Lipinski definition) is 1. The van der Waals surface area contributed by atoms with E-state index in [-0.39, 0.29) is 24.3 Å². The summed E-state index contributed by atoms with van der Waals surface area (Å²) in [4.78, 5) is 28.5. The lowest BCUT2D eigenvalue weighted by molar-refractivity contribution is -0.137. The van der Waals surface area contributed by atoms with Crippen LogP contribution in [-0.2, 0) is 22.3 Å². The maximum Gasteiger partial charge on any atom is 0.416 e. The van der Waals surface area contributed by atoms with Gasteiger partial charge in [-0.05, 0) is 69.3 Å². The Balaban J connectivity index is 1.43. The predicted octanol–water partition coefficient (Wildman–Crippen LogP) is 6.37. The normalized spacial score (nSPS) is 18.5. The summed E-state index contributed by atoms with van der Waals surface area (Å²) in [6, 6.07) is 4.35. The van der Waals surface area contributed by atoms with Crippen LogP contribution in [0, 0.1) is 12.7 Å². The Kier molecular flexibility index (Phi) is 9.38. The number of carbonyl (C=O) groups is 1. The molecule has 0 spiro atoms. The van der Waals surface area contributed by atoms with E-state index in [0.29, 0.717) is 66.8 Å². The molecule has 2 saturated heterocycles. The van der Waals surface area contributed by atoms with Crippen LogP contribution in [0.1, 0.15) is 55.0 Å². The van der Waals surface area contributed by atoms with Crippen LogP contribution < -0.4 is 10.2 Å². The van der Waals surface area contributed by atoms with Gasteiger partial charge < -0.3 is 19.7 Å². The van der Waals surface area contributed by atoms with Gasteiger partial charge in [-0.2, -0.15) is 17.6 Å². The van der Waals surface area contributed by atoms with Gasteiger partial charge in [0, 0.05) is 36.1 Å². The van der Waals surface area contributed by atoms with Gasteiger partial charge in [-0.15, -0.1) is 0 Å². The van der Waals surface area contributed by atoms with Crippen molar-refractivity contribution in [1.82, 2.24) is 19.9 Å². The lowest BCUT2D eigenvalue weighted by Crippen LogP contribution is -2.38. The second-order valence-electron chi connectivity index (χ2n) is 10.7. The number of aldehydes is 1. The summed E-state index contributed by atoms with van der Waals surface area (Å²) in [5.74, 6) is -0.544. The number of rotatable bonds is 10. The molecule has 0 bridgehead atoms. The second kappa shape index (κ2) is 13.0. The van der Waals surface area contributed by atoms with Gasteiger partial charge in [0.15, 0.2) is 16.8 Å². The van der Waals surface area contributed by atoms with Crippen LogP contribution in [0.25, 0.3) is 11.3 Å². The highest BCUT2D eigenvalue weighted by Gasteiger charge is 2.32. The van der Waals surface area contributed by atoms with Crippen molar-refractivity contribution in [3.05, 3.63) is 46.3 Å². The Morgan fingerprint density at radius 3 is 2.64 bits per heavy atom. The van der Waals surface area contributed by atoms with Gasteiger partial charge in [0.05, 0.1) is 17.4 Å². The largest absolute Gasteiger partial charge is 0.416 e. The Morgan fingerprint density at radius 2 is 1.93 bits per heavy atom. The molecule has 0 saturated carbocycles. The Bertz CT molecular complexity index is 1390. The number of likely N-dealkylation sites (tertiary alicyclic amines) is 1. The standard InChI is InChI=1S/C29H34F4N6O2S/c1-3-21-5-4-8-39(21)16-23-25(19-13-18(2)14-20(15-19)29(31,32)33)36-28(42-23)37-26-24(30)27(35-17-34-26)38-9-6-22(7-10-38)41-12-11-40/h11,13-15,17,21-22H,3-10,12,16H2,1-2H3,(H,34,35,36,37). The van der Waals surface area contributed by atoms with Gasteiger partial charge in [-0.3, -0.25) is 4.90 Å².